The zero-order valence-corrected chi connectivity index (χ0v) is 11.0. The fourth-order valence-corrected chi connectivity index (χ4v) is 1.76. The summed E-state index contributed by atoms with van der Waals surface area (Å²) >= 11 is 0. The summed E-state index contributed by atoms with van der Waals surface area (Å²) in [6.07, 6.45) is 0. The Hall–Kier alpha value is -1.18. The predicted molar refractivity (Wildman–Crippen MR) is 67.2 cm³/mol. The molecule has 1 aromatic rings. The number of rotatable bonds is 0. The van der Waals surface area contributed by atoms with Gasteiger partial charge in [-0.3, -0.25) is 0 Å². The van der Waals surface area contributed by atoms with Gasteiger partial charge in [-0.05, 0) is 23.0 Å². The minimum Gasteiger partial charge on any atom is -0.508 e. The van der Waals surface area contributed by atoms with E-state index in [2.05, 4.69) is 0 Å². The quantitative estimate of drug-likeness (QED) is 0.657. The molecule has 2 heteroatoms. The molecule has 0 saturated carbocycles. The molecular formula is C14H22O2. The average Bonchev–Trinajstić information content (AvgIpc) is 2.04. The second kappa shape index (κ2) is 3.69. The van der Waals surface area contributed by atoms with Crippen LogP contribution in [0, 0.1) is 0 Å². The fourth-order valence-electron chi connectivity index (χ4n) is 1.76. The lowest BCUT2D eigenvalue weighted by atomic mass is 9.79. The molecule has 0 heterocycles. The van der Waals surface area contributed by atoms with Crippen molar-refractivity contribution in [2.24, 2.45) is 0 Å². The van der Waals surface area contributed by atoms with Gasteiger partial charge in [-0.25, -0.2) is 0 Å². The minimum atomic E-state index is -0.178. The van der Waals surface area contributed by atoms with E-state index in [1.54, 1.807) is 12.1 Å². The van der Waals surface area contributed by atoms with Gasteiger partial charge in [-0.1, -0.05) is 41.5 Å². The molecule has 0 saturated heterocycles. The van der Waals surface area contributed by atoms with Gasteiger partial charge < -0.3 is 10.2 Å². The van der Waals surface area contributed by atoms with E-state index in [1.807, 2.05) is 41.5 Å². The Morgan fingerprint density at radius 3 is 1.31 bits per heavy atom. The second-order valence-corrected chi connectivity index (χ2v) is 6.39. The van der Waals surface area contributed by atoms with Gasteiger partial charge in [-0.15, -0.1) is 0 Å². The van der Waals surface area contributed by atoms with E-state index >= 15 is 0 Å². The molecule has 1 rings (SSSR count). The first kappa shape index (κ1) is 12.9. The van der Waals surface area contributed by atoms with Crippen molar-refractivity contribution >= 4 is 0 Å². The van der Waals surface area contributed by atoms with Gasteiger partial charge in [0.25, 0.3) is 0 Å². The van der Waals surface area contributed by atoms with Gasteiger partial charge in [0.05, 0.1) is 0 Å². The topological polar surface area (TPSA) is 40.5 Å². The molecule has 0 radical (unpaired) electrons. The molecule has 0 aromatic heterocycles. The third kappa shape index (κ3) is 2.49. The molecule has 2 N–H and O–H groups in total. The molecule has 0 aliphatic carbocycles. The number of hydrogen-bond donors (Lipinski definition) is 2. The maximum Gasteiger partial charge on any atom is 0.123 e. The first-order valence-corrected chi connectivity index (χ1v) is 5.60. The summed E-state index contributed by atoms with van der Waals surface area (Å²) in [6.45, 7) is 12.1. The van der Waals surface area contributed by atoms with E-state index in [0.717, 1.165) is 11.1 Å². The van der Waals surface area contributed by atoms with Gasteiger partial charge in [0, 0.05) is 11.1 Å². The third-order valence-electron chi connectivity index (χ3n) is 2.71. The van der Waals surface area contributed by atoms with E-state index in [0.29, 0.717) is 5.75 Å². The van der Waals surface area contributed by atoms with Crippen molar-refractivity contribution in [3.05, 3.63) is 23.3 Å². The summed E-state index contributed by atoms with van der Waals surface area (Å²) in [5.41, 5.74) is 1.22. The monoisotopic (exact) mass is 222 g/mol. The highest BCUT2D eigenvalue weighted by atomic mass is 16.3. The lowest BCUT2D eigenvalue weighted by molar-refractivity contribution is 0.413. The van der Waals surface area contributed by atoms with Crippen LogP contribution in [0.4, 0.5) is 0 Å². The van der Waals surface area contributed by atoms with Gasteiger partial charge >= 0.3 is 0 Å². The molecule has 0 amide bonds. The van der Waals surface area contributed by atoms with E-state index in [9.17, 15) is 10.2 Å². The van der Waals surface area contributed by atoms with Crippen molar-refractivity contribution in [1.82, 2.24) is 0 Å². The summed E-state index contributed by atoms with van der Waals surface area (Å²) < 4.78 is 0. The summed E-state index contributed by atoms with van der Waals surface area (Å²) in [6, 6.07) is 3.29. The standard InChI is InChI=1S/C14H22O2/c1-13(2,3)10-7-9(15)8-11(12(10)16)14(4,5)6/h7-8,15-16H,1-6H3. The molecule has 0 spiro atoms. The SMILES string of the molecule is CC(C)(C)c1cc(O)cc(C(C)(C)C)c1O. The molecular weight excluding hydrogens is 200 g/mol. The molecule has 90 valence electrons. The van der Waals surface area contributed by atoms with Crippen molar-refractivity contribution in [3.63, 3.8) is 0 Å². The number of phenols is 2. The van der Waals surface area contributed by atoms with Crippen LogP contribution in [0.25, 0.3) is 0 Å². The molecule has 2 nitrogen and oxygen atoms in total. The van der Waals surface area contributed by atoms with Crippen molar-refractivity contribution in [2.45, 2.75) is 52.4 Å². The van der Waals surface area contributed by atoms with Crippen LogP contribution >= 0.6 is 0 Å². The van der Waals surface area contributed by atoms with E-state index < -0.39 is 0 Å². The Labute approximate surface area is 97.9 Å². The fraction of sp³-hybridized carbons (Fsp3) is 0.571. The van der Waals surface area contributed by atoms with Crippen LogP contribution in [-0.4, -0.2) is 10.2 Å². The summed E-state index contributed by atoms with van der Waals surface area (Å²) in [5.74, 6) is 0.519. The van der Waals surface area contributed by atoms with Crippen LogP contribution in [0.2, 0.25) is 0 Å². The van der Waals surface area contributed by atoms with E-state index in [1.165, 1.54) is 0 Å². The summed E-state index contributed by atoms with van der Waals surface area (Å²) in [7, 11) is 0. The lowest BCUT2D eigenvalue weighted by Crippen LogP contribution is -2.16. The highest BCUT2D eigenvalue weighted by Crippen LogP contribution is 2.41. The Balaban J connectivity index is 3.51. The highest BCUT2D eigenvalue weighted by Gasteiger charge is 2.26. The molecule has 1 aromatic carbocycles. The molecule has 0 aliphatic rings. The molecule has 0 aliphatic heterocycles. The van der Waals surface area contributed by atoms with Crippen LogP contribution in [0.3, 0.4) is 0 Å². The van der Waals surface area contributed by atoms with Crippen molar-refractivity contribution in [3.8, 4) is 11.5 Å². The Morgan fingerprint density at radius 2 is 1.06 bits per heavy atom. The summed E-state index contributed by atoms with van der Waals surface area (Å²) in [5, 5.41) is 20.0. The molecule has 0 atom stereocenters. The van der Waals surface area contributed by atoms with Crippen LogP contribution < -0.4 is 0 Å². The maximum absolute atomic E-state index is 10.3. The zero-order valence-electron chi connectivity index (χ0n) is 11.0. The average molecular weight is 222 g/mol. The molecule has 0 fully saturated rings. The first-order chi connectivity index (χ1) is 7.03. The number of phenolic OH excluding ortho intramolecular Hbond substituents is 2. The van der Waals surface area contributed by atoms with Crippen molar-refractivity contribution < 1.29 is 10.2 Å². The zero-order chi connectivity index (χ0) is 12.7. The normalized spacial score (nSPS) is 12.9. The Morgan fingerprint density at radius 1 is 0.750 bits per heavy atom. The smallest absolute Gasteiger partial charge is 0.123 e. The molecule has 0 unspecified atom stereocenters. The predicted octanol–water partition coefficient (Wildman–Crippen LogP) is 3.69. The van der Waals surface area contributed by atoms with E-state index in [-0.39, 0.29) is 16.6 Å². The molecule has 16 heavy (non-hydrogen) atoms. The van der Waals surface area contributed by atoms with Gasteiger partial charge in [0.15, 0.2) is 0 Å². The first-order valence-electron chi connectivity index (χ1n) is 5.60. The maximum atomic E-state index is 10.3. The van der Waals surface area contributed by atoms with E-state index in [4.69, 9.17) is 0 Å². The van der Waals surface area contributed by atoms with Gasteiger partial charge in [0.1, 0.15) is 11.5 Å². The third-order valence-corrected chi connectivity index (χ3v) is 2.71. The lowest BCUT2D eigenvalue weighted by Gasteiger charge is -2.27. The number of aromatic hydroxyl groups is 2. The Kier molecular flexibility index (Phi) is 2.97. The summed E-state index contributed by atoms with van der Waals surface area (Å²) in [4.78, 5) is 0. The second-order valence-electron chi connectivity index (χ2n) is 6.39. The molecule has 0 bridgehead atoms. The van der Waals surface area contributed by atoms with Gasteiger partial charge in [-0.2, -0.15) is 0 Å². The number of benzene rings is 1. The van der Waals surface area contributed by atoms with Crippen LogP contribution in [0.5, 0.6) is 11.5 Å². The van der Waals surface area contributed by atoms with Gasteiger partial charge in [0.2, 0.25) is 0 Å². The van der Waals surface area contributed by atoms with Crippen molar-refractivity contribution in [1.29, 1.82) is 0 Å². The van der Waals surface area contributed by atoms with Crippen molar-refractivity contribution in [2.75, 3.05) is 0 Å². The Bertz CT molecular complexity index is 357. The number of hydrogen-bond acceptors (Lipinski definition) is 2. The highest BCUT2D eigenvalue weighted by molar-refractivity contribution is 5.51. The van der Waals surface area contributed by atoms with Crippen LogP contribution in [0.1, 0.15) is 52.7 Å². The largest absolute Gasteiger partial charge is 0.508 e. The van der Waals surface area contributed by atoms with Crippen LogP contribution in [-0.2, 0) is 10.8 Å². The van der Waals surface area contributed by atoms with Crippen LogP contribution in [0.15, 0.2) is 12.1 Å². The minimum absolute atomic E-state index is 0.178.